The Morgan fingerprint density at radius 2 is 1.76 bits per heavy atom. The van der Waals surface area contributed by atoms with Gasteiger partial charge in [0.25, 0.3) is 0 Å². The van der Waals surface area contributed by atoms with Gasteiger partial charge in [-0.25, -0.2) is 13.2 Å². The third kappa shape index (κ3) is 4.20. The first kappa shape index (κ1) is 17.5. The van der Waals surface area contributed by atoms with Crippen molar-refractivity contribution in [1.82, 2.24) is 0 Å². The van der Waals surface area contributed by atoms with Gasteiger partial charge in [-0.05, 0) is 51.8 Å². The van der Waals surface area contributed by atoms with Gasteiger partial charge in [-0.15, -0.1) is 0 Å². The molecule has 0 aliphatic rings. The van der Waals surface area contributed by atoms with Crippen LogP contribution < -0.4 is 5.73 Å². The zero-order valence-corrected chi connectivity index (χ0v) is 14.0. The van der Waals surface area contributed by atoms with E-state index in [1.165, 1.54) is 0 Å². The fraction of sp³-hybridized carbons (Fsp3) is 0.533. The fourth-order valence-corrected chi connectivity index (χ4v) is 2.63. The van der Waals surface area contributed by atoms with Crippen molar-refractivity contribution in [2.75, 3.05) is 18.1 Å². The second-order valence-electron chi connectivity index (χ2n) is 6.09. The monoisotopic (exact) mass is 313 g/mol. The maximum Gasteiger partial charge on any atom is 0.338 e. The molecule has 0 bridgehead atoms. The lowest BCUT2D eigenvalue weighted by molar-refractivity contribution is 0.0528. The van der Waals surface area contributed by atoms with E-state index in [9.17, 15) is 13.2 Å². The molecule has 0 spiro atoms. The van der Waals surface area contributed by atoms with Crippen molar-refractivity contribution in [1.29, 1.82) is 0 Å². The molecule has 6 heteroatoms. The molecule has 1 aromatic rings. The lowest BCUT2D eigenvalue weighted by atomic mass is 10.0. The third-order valence-electron chi connectivity index (χ3n) is 3.35. The number of ether oxygens (including phenoxy) is 1. The van der Waals surface area contributed by atoms with E-state index < -0.39 is 20.6 Å². The topological polar surface area (TPSA) is 86.5 Å². The lowest BCUT2D eigenvalue weighted by Crippen LogP contribution is -2.32. The van der Waals surface area contributed by atoms with Crippen LogP contribution in [-0.4, -0.2) is 31.5 Å². The first-order valence-corrected chi connectivity index (χ1v) is 8.37. The van der Waals surface area contributed by atoms with Crippen LogP contribution >= 0.6 is 0 Å². The number of hydrogen-bond donors (Lipinski definition) is 1. The highest BCUT2D eigenvalue weighted by Gasteiger charge is 2.29. The van der Waals surface area contributed by atoms with E-state index in [0.717, 1.165) is 11.1 Å². The highest BCUT2D eigenvalue weighted by atomic mass is 32.2. The van der Waals surface area contributed by atoms with Crippen molar-refractivity contribution < 1.29 is 17.9 Å². The number of esters is 1. The fourth-order valence-electron chi connectivity index (χ4n) is 1.72. The summed E-state index contributed by atoms with van der Waals surface area (Å²) >= 11 is 0. The molecule has 0 heterocycles. The normalized spacial score (nSPS) is 12.2. The molecule has 0 aliphatic heterocycles. The van der Waals surface area contributed by atoms with E-state index in [-0.39, 0.29) is 12.4 Å². The second-order valence-corrected chi connectivity index (χ2v) is 8.95. The number of hydrogen-bond acceptors (Lipinski definition) is 5. The number of carbonyl (C=O) groups excluding carboxylic acids is 1. The van der Waals surface area contributed by atoms with Gasteiger partial charge in [-0.3, -0.25) is 0 Å². The number of sulfone groups is 1. The molecule has 0 saturated carbocycles. The van der Waals surface area contributed by atoms with Gasteiger partial charge in [0.05, 0.1) is 16.1 Å². The molecule has 1 aromatic carbocycles. The Morgan fingerprint density at radius 3 is 2.29 bits per heavy atom. The quantitative estimate of drug-likeness (QED) is 0.680. The number of carbonyl (C=O) groups is 1. The van der Waals surface area contributed by atoms with Crippen LogP contribution in [0.5, 0.6) is 0 Å². The number of benzene rings is 1. The maximum absolute atomic E-state index is 12.0. The average Bonchev–Trinajstić information content (AvgIpc) is 2.31. The summed E-state index contributed by atoms with van der Waals surface area (Å²) in [6.07, 6.45) is 0. The molecule has 1 rings (SSSR count). The molecule has 0 amide bonds. The molecule has 0 saturated heterocycles. The van der Waals surface area contributed by atoms with E-state index >= 15 is 0 Å². The summed E-state index contributed by atoms with van der Waals surface area (Å²) in [6.45, 7) is 8.34. The third-order valence-corrected chi connectivity index (χ3v) is 5.92. The van der Waals surface area contributed by atoms with Crippen molar-refractivity contribution in [3.63, 3.8) is 0 Å². The molecule has 0 unspecified atom stereocenters. The van der Waals surface area contributed by atoms with Crippen molar-refractivity contribution >= 4 is 21.5 Å². The molecule has 0 fully saturated rings. The zero-order chi connectivity index (χ0) is 16.4. The Labute approximate surface area is 126 Å². The van der Waals surface area contributed by atoms with Crippen molar-refractivity contribution in [3.05, 3.63) is 28.8 Å². The summed E-state index contributed by atoms with van der Waals surface area (Å²) in [5.74, 6) is -0.744. The van der Waals surface area contributed by atoms with Crippen LogP contribution in [0.2, 0.25) is 0 Å². The van der Waals surface area contributed by atoms with Gasteiger partial charge >= 0.3 is 5.97 Å². The Morgan fingerprint density at radius 1 is 1.19 bits per heavy atom. The molecule has 5 nitrogen and oxygen atoms in total. The Hall–Kier alpha value is -1.56. The van der Waals surface area contributed by atoms with E-state index in [0.29, 0.717) is 11.3 Å². The Kier molecular flexibility index (Phi) is 5.04. The van der Waals surface area contributed by atoms with Crippen molar-refractivity contribution in [3.8, 4) is 0 Å². The van der Waals surface area contributed by atoms with E-state index in [2.05, 4.69) is 0 Å². The van der Waals surface area contributed by atoms with Crippen LogP contribution in [0.25, 0.3) is 0 Å². The van der Waals surface area contributed by atoms with Crippen LogP contribution in [0, 0.1) is 13.8 Å². The summed E-state index contributed by atoms with van der Waals surface area (Å²) in [5.41, 5.74) is 8.30. The summed E-state index contributed by atoms with van der Waals surface area (Å²) in [4.78, 5) is 12.0. The number of nitrogens with two attached hydrogens (primary N) is 1. The summed E-state index contributed by atoms with van der Waals surface area (Å²) in [6, 6.07) is 3.36. The number of rotatable bonds is 4. The van der Waals surface area contributed by atoms with Crippen LogP contribution in [0.4, 0.5) is 5.69 Å². The molecular formula is C15H23NO4S. The van der Waals surface area contributed by atoms with E-state index in [1.807, 2.05) is 6.92 Å². The maximum atomic E-state index is 12.0. The average molecular weight is 313 g/mol. The van der Waals surface area contributed by atoms with Gasteiger partial charge in [-0.2, -0.15) is 0 Å². The first-order chi connectivity index (χ1) is 9.45. The molecule has 0 radical (unpaired) electrons. The van der Waals surface area contributed by atoms with Crippen molar-refractivity contribution in [2.45, 2.75) is 39.4 Å². The van der Waals surface area contributed by atoms with Crippen LogP contribution in [0.1, 0.15) is 42.3 Å². The molecule has 2 N–H and O–H groups in total. The van der Waals surface area contributed by atoms with E-state index in [4.69, 9.17) is 10.5 Å². The van der Waals surface area contributed by atoms with Gasteiger partial charge in [-0.1, -0.05) is 6.07 Å². The van der Waals surface area contributed by atoms with Crippen LogP contribution in [-0.2, 0) is 14.6 Å². The van der Waals surface area contributed by atoms with Crippen molar-refractivity contribution in [2.24, 2.45) is 0 Å². The van der Waals surface area contributed by atoms with Crippen LogP contribution in [0.3, 0.4) is 0 Å². The van der Waals surface area contributed by atoms with Gasteiger partial charge in [0.1, 0.15) is 6.61 Å². The highest BCUT2D eigenvalue weighted by molar-refractivity contribution is 7.92. The first-order valence-electron chi connectivity index (χ1n) is 6.72. The largest absolute Gasteiger partial charge is 0.461 e. The highest BCUT2D eigenvalue weighted by Crippen LogP contribution is 2.19. The minimum Gasteiger partial charge on any atom is -0.461 e. The standard InChI is InChI=1S/C15H23NO4S/c1-10-8-11(2)13(16)9-12(10)14(17)20-6-7-21(18,19)15(3,4)5/h8-9H,6-7,16H2,1-5H3. The minimum atomic E-state index is -3.30. The smallest absolute Gasteiger partial charge is 0.338 e. The van der Waals surface area contributed by atoms with E-state index in [1.54, 1.807) is 39.8 Å². The molecular weight excluding hydrogens is 290 g/mol. The number of anilines is 1. The predicted octanol–water partition coefficient (Wildman–Crippen LogP) is 2.26. The molecule has 0 atom stereocenters. The minimum absolute atomic E-state index is 0.161. The predicted molar refractivity (Wildman–Crippen MR) is 84.2 cm³/mol. The number of nitrogen functional groups attached to an aromatic ring is 1. The Balaban J connectivity index is 2.74. The van der Waals surface area contributed by atoms with Gasteiger partial charge in [0.15, 0.2) is 9.84 Å². The summed E-state index contributed by atoms with van der Waals surface area (Å²) in [5, 5.41) is 0. The molecule has 118 valence electrons. The number of aryl methyl sites for hydroxylation is 2. The second kappa shape index (κ2) is 6.05. The van der Waals surface area contributed by atoms with Gasteiger partial charge in [0, 0.05) is 5.69 Å². The zero-order valence-electron chi connectivity index (χ0n) is 13.2. The lowest BCUT2D eigenvalue weighted by Gasteiger charge is -2.19. The molecule has 21 heavy (non-hydrogen) atoms. The molecule has 0 aliphatic carbocycles. The van der Waals surface area contributed by atoms with Gasteiger partial charge in [0.2, 0.25) is 0 Å². The summed E-state index contributed by atoms with van der Waals surface area (Å²) < 4.78 is 28.1. The SMILES string of the molecule is Cc1cc(C)c(C(=O)OCCS(=O)(=O)C(C)(C)C)cc1N. The summed E-state index contributed by atoms with van der Waals surface area (Å²) in [7, 11) is -3.30. The van der Waals surface area contributed by atoms with Gasteiger partial charge < -0.3 is 10.5 Å². The molecule has 0 aromatic heterocycles. The van der Waals surface area contributed by atoms with Crippen LogP contribution in [0.15, 0.2) is 12.1 Å². The Bertz CT molecular complexity index is 642.